The maximum absolute atomic E-state index is 4.30. The summed E-state index contributed by atoms with van der Waals surface area (Å²) >= 11 is 0. The Morgan fingerprint density at radius 2 is 1.92 bits per heavy atom. The molecule has 1 aliphatic rings. The predicted octanol–water partition coefficient (Wildman–Crippen LogP) is 3.99. The standard InChI is InChI=1S/C21H26N4/c1-16-20-15-19(7-8-21(20)24-23-16)22-18-10-13-25(14-11-18)12-9-17-5-3-2-4-6-17/h2-8,15,18,22H,9-14H2,1H3,(H,23,24). The Morgan fingerprint density at radius 1 is 1.12 bits per heavy atom. The van der Waals surface area contributed by atoms with Crippen LogP contribution in [0.4, 0.5) is 5.69 Å². The number of likely N-dealkylation sites (tertiary alicyclic amines) is 1. The monoisotopic (exact) mass is 334 g/mol. The molecule has 130 valence electrons. The third-order valence-corrected chi connectivity index (χ3v) is 5.26. The minimum absolute atomic E-state index is 0.567. The number of aromatic amines is 1. The summed E-state index contributed by atoms with van der Waals surface area (Å²) in [5, 5.41) is 12.3. The third kappa shape index (κ3) is 3.85. The SMILES string of the molecule is Cc1[nH]nc2ccc(NC3CCN(CCc4ccccc4)CC3)cc12. The van der Waals surface area contributed by atoms with Gasteiger partial charge in [-0.25, -0.2) is 0 Å². The van der Waals surface area contributed by atoms with E-state index in [2.05, 4.69) is 75.9 Å². The molecule has 0 atom stereocenters. The molecule has 4 heteroatoms. The molecule has 1 saturated heterocycles. The molecule has 4 rings (SSSR count). The highest BCUT2D eigenvalue weighted by Gasteiger charge is 2.19. The van der Waals surface area contributed by atoms with Gasteiger partial charge in [-0.3, -0.25) is 5.10 Å². The van der Waals surface area contributed by atoms with Gasteiger partial charge in [0.2, 0.25) is 0 Å². The Balaban J connectivity index is 1.28. The zero-order chi connectivity index (χ0) is 17.1. The fraction of sp³-hybridized carbons (Fsp3) is 0.381. The molecule has 2 N–H and O–H groups in total. The highest BCUT2D eigenvalue weighted by Crippen LogP contribution is 2.22. The average molecular weight is 334 g/mol. The molecule has 0 spiro atoms. The summed E-state index contributed by atoms with van der Waals surface area (Å²) in [6, 6.07) is 17.8. The van der Waals surface area contributed by atoms with Gasteiger partial charge in [0.1, 0.15) is 0 Å². The lowest BCUT2D eigenvalue weighted by molar-refractivity contribution is 0.221. The van der Waals surface area contributed by atoms with Crippen LogP contribution in [0, 0.1) is 6.92 Å². The van der Waals surface area contributed by atoms with E-state index in [-0.39, 0.29) is 0 Å². The second-order valence-corrected chi connectivity index (χ2v) is 7.08. The van der Waals surface area contributed by atoms with Gasteiger partial charge in [-0.05, 0) is 49.9 Å². The number of rotatable bonds is 5. The van der Waals surface area contributed by atoms with Gasteiger partial charge in [0.15, 0.2) is 0 Å². The summed E-state index contributed by atoms with van der Waals surface area (Å²) in [4.78, 5) is 2.59. The number of piperidine rings is 1. The van der Waals surface area contributed by atoms with E-state index in [4.69, 9.17) is 0 Å². The fourth-order valence-corrected chi connectivity index (χ4v) is 3.70. The van der Waals surface area contributed by atoms with Crippen molar-refractivity contribution >= 4 is 16.6 Å². The number of aryl methyl sites for hydroxylation is 1. The van der Waals surface area contributed by atoms with Crippen molar-refractivity contribution in [3.8, 4) is 0 Å². The van der Waals surface area contributed by atoms with Crippen molar-refractivity contribution in [3.05, 3.63) is 59.8 Å². The molecule has 0 bridgehead atoms. The van der Waals surface area contributed by atoms with Gasteiger partial charge in [-0.1, -0.05) is 30.3 Å². The van der Waals surface area contributed by atoms with Crippen LogP contribution in [0.15, 0.2) is 48.5 Å². The number of nitrogens with zero attached hydrogens (tertiary/aromatic N) is 2. The van der Waals surface area contributed by atoms with Crippen LogP contribution in [0.1, 0.15) is 24.1 Å². The zero-order valence-electron chi connectivity index (χ0n) is 14.8. The largest absolute Gasteiger partial charge is 0.382 e. The van der Waals surface area contributed by atoms with Crippen LogP contribution in [0.2, 0.25) is 0 Å². The highest BCUT2D eigenvalue weighted by molar-refractivity contribution is 5.84. The number of H-pyrrole nitrogens is 1. The molecule has 2 heterocycles. The van der Waals surface area contributed by atoms with Crippen molar-refractivity contribution in [1.82, 2.24) is 15.1 Å². The molecule has 0 radical (unpaired) electrons. The molecule has 2 aromatic carbocycles. The number of hydrogen-bond acceptors (Lipinski definition) is 3. The molecule has 25 heavy (non-hydrogen) atoms. The van der Waals surface area contributed by atoms with E-state index in [1.165, 1.54) is 42.6 Å². The Kier molecular flexibility index (Phi) is 4.70. The molecule has 0 aliphatic carbocycles. The molecular formula is C21H26N4. The molecule has 3 aromatic rings. The van der Waals surface area contributed by atoms with Crippen LogP contribution in [0.25, 0.3) is 10.9 Å². The lowest BCUT2D eigenvalue weighted by Crippen LogP contribution is -2.40. The number of hydrogen-bond donors (Lipinski definition) is 2. The Bertz CT molecular complexity index is 816. The molecule has 1 aromatic heterocycles. The van der Waals surface area contributed by atoms with Gasteiger partial charge in [0.25, 0.3) is 0 Å². The predicted molar refractivity (Wildman–Crippen MR) is 104 cm³/mol. The first-order valence-electron chi connectivity index (χ1n) is 9.25. The van der Waals surface area contributed by atoms with Crippen molar-refractivity contribution in [2.75, 3.05) is 25.0 Å². The normalized spacial score (nSPS) is 16.4. The zero-order valence-corrected chi connectivity index (χ0v) is 14.8. The van der Waals surface area contributed by atoms with E-state index in [9.17, 15) is 0 Å². The second kappa shape index (κ2) is 7.28. The topological polar surface area (TPSA) is 44.0 Å². The number of nitrogens with one attached hydrogen (secondary N) is 2. The van der Waals surface area contributed by atoms with Crippen LogP contribution in [0.5, 0.6) is 0 Å². The number of benzene rings is 2. The number of fused-ring (bicyclic) bond motifs is 1. The molecule has 1 fully saturated rings. The van der Waals surface area contributed by atoms with Gasteiger partial charge in [0.05, 0.1) is 5.52 Å². The Hall–Kier alpha value is -2.33. The van der Waals surface area contributed by atoms with E-state index >= 15 is 0 Å². The summed E-state index contributed by atoms with van der Waals surface area (Å²) in [7, 11) is 0. The lowest BCUT2D eigenvalue weighted by atomic mass is 10.0. The van der Waals surface area contributed by atoms with Crippen LogP contribution in [-0.2, 0) is 6.42 Å². The minimum Gasteiger partial charge on any atom is -0.382 e. The van der Waals surface area contributed by atoms with Crippen LogP contribution in [0.3, 0.4) is 0 Å². The van der Waals surface area contributed by atoms with E-state index in [0.717, 1.165) is 24.2 Å². The van der Waals surface area contributed by atoms with Crippen molar-refractivity contribution < 1.29 is 0 Å². The fourth-order valence-electron chi connectivity index (χ4n) is 3.70. The van der Waals surface area contributed by atoms with Crippen molar-refractivity contribution in [2.24, 2.45) is 0 Å². The molecule has 1 aliphatic heterocycles. The van der Waals surface area contributed by atoms with E-state index in [1.807, 2.05) is 0 Å². The van der Waals surface area contributed by atoms with Crippen molar-refractivity contribution in [1.29, 1.82) is 0 Å². The van der Waals surface area contributed by atoms with Gasteiger partial charge < -0.3 is 10.2 Å². The summed E-state index contributed by atoms with van der Waals surface area (Å²) in [6.07, 6.45) is 3.56. The molecular weight excluding hydrogens is 308 g/mol. The molecule has 0 saturated carbocycles. The summed E-state index contributed by atoms with van der Waals surface area (Å²) < 4.78 is 0. The van der Waals surface area contributed by atoms with Crippen LogP contribution < -0.4 is 5.32 Å². The number of aromatic nitrogens is 2. The first-order chi connectivity index (χ1) is 12.3. The average Bonchev–Trinajstić information content (AvgIpc) is 3.03. The van der Waals surface area contributed by atoms with Crippen molar-refractivity contribution in [2.45, 2.75) is 32.2 Å². The Labute approximate surface area is 149 Å². The smallest absolute Gasteiger partial charge is 0.0925 e. The molecule has 0 amide bonds. The lowest BCUT2D eigenvalue weighted by Gasteiger charge is -2.33. The van der Waals surface area contributed by atoms with Gasteiger partial charge >= 0.3 is 0 Å². The van der Waals surface area contributed by atoms with E-state index in [1.54, 1.807) is 0 Å². The van der Waals surface area contributed by atoms with Crippen molar-refractivity contribution in [3.63, 3.8) is 0 Å². The third-order valence-electron chi connectivity index (χ3n) is 5.26. The summed E-state index contributed by atoms with van der Waals surface area (Å²) in [5.41, 5.74) is 4.82. The Morgan fingerprint density at radius 3 is 2.72 bits per heavy atom. The molecule has 0 unspecified atom stereocenters. The summed E-state index contributed by atoms with van der Waals surface area (Å²) in [5.74, 6) is 0. The maximum atomic E-state index is 4.30. The van der Waals surface area contributed by atoms with E-state index in [0.29, 0.717) is 6.04 Å². The van der Waals surface area contributed by atoms with Gasteiger partial charge in [0, 0.05) is 42.4 Å². The van der Waals surface area contributed by atoms with Crippen LogP contribution >= 0.6 is 0 Å². The second-order valence-electron chi connectivity index (χ2n) is 7.08. The van der Waals surface area contributed by atoms with Gasteiger partial charge in [-0.2, -0.15) is 5.10 Å². The van der Waals surface area contributed by atoms with Crippen LogP contribution in [-0.4, -0.2) is 40.8 Å². The first-order valence-corrected chi connectivity index (χ1v) is 9.25. The molecule has 4 nitrogen and oxygen atoms in total. The highest BCUT2D eigenvalue weighted by atomic mass is 15.1. The van der Waals surface area contributed by atoms with Gasteiger partial charge in [-0.15, -0.1) is 0 Å². The number of anilines is 1. The quantitative estimate of drug-likeness (QED) is 0.741. The first kappa shape index (κ1) is 16.2. The summed E-state index contributed by atoms with van der Waals surface area (Å²) in [6.45, 7) is 5.59. The maximum Gasteiger partial charge on any atom is 0.0925 e. The van der Waals surface area contributed by atoms with E-state index < -0.39 is 0 Å². The minimum atomic E-state index is 0.567.